The van der Waals surface area contributed by atoms with Gasteiger partial charge in [0.2, 0.25) is 0 Å². The number of benzene rings is 1. The fourth-order valence-electron chi connectivity index (χ4n) is 2.31. The average molecular weight is 300 g/mol. The number of hydrogen-bond acceptors (Lipinski definition) is 2. The Hall–Kier alpha value is -1.14. The Labute approximate surface area is 121 Å². The van der Waals surface area contributed by atoms with E-state index in [0.29, 0.717) is 17.0 Å². The van der Waals surface area contributed by atoms with E-state index >= 15 is 0 Å². The molecule has 1 fully saturated rings. The van der Waals surface area contributed by atoms with Crippen molar-refractivity contribution in [2.45, 2.75) is 31.8 Å². The minimum absolute atomic E-state index is 0.0904. The van der Waals surface area contributed by atoms with Crippen molar-refractivity contribution < 1.29 is 8.78 Å². The zero-order chi connectivity index (χ0) is 14.0. The molecule has 1 saturated heterocycles. The predicted molar refractivity (Wildman–Crippen MR) is 78.9 cm³/mol. The van der Waals surface area contributed by atoms with Gasteiger partial charge in [-0.2, -0.15) is 0 Å². The predicted octanol–water partition coefficient (Wildman–Crippen LogP) is 2.93. The van der Waals surface area contributed by atoms with Crippen LogP contribution in [0.5, 0.6) is 0 Å². The highest BCUT2D eigenvalue weighted by atomic mass is 32.1. The summed E-state index contributed by atoms with van der Waals surface area (Å²) >= 11 is 10.2. The second-order valence-corrected chi connectivity index (χ2v) is 5.59. The highest BCUT2D eigenvalue weighted by Gasteiger charge is 2.29. The summed E-state index contributed by atoms with van der Waals surface area (Å²) in [6.45, 7) is 0.260. The first-order chi connectivity index (χ1) is 8.99. The van der Waals surface area contributed by atoms with Gasteiger partial charge in [-0.3, -0.25) is 0 Å². The van der Waals surface area contributed by atoms with Crippen LogP contribution >= 0.6 is 24.4 Å². The summed E-state index contributed by atoms with van der Waals surface area (Å²) in [5.74, 6) is -1.65. The Kier molecular flexibility index (Phi) is 4.42. The second kappa shape index (κ2) is 5.88. The SMILES string of the molecule is NC(=S)C[C@@H]1CCC(=S)N1Cc1cccc(F)c1F. The largest absolute Gasteiger partial charge is 0.393 e. The van der Waals surface area contributed by atoms with E-state index in [4.69, 9.17) is 30.2 Å². The van der Waals surface area contributed by atoms with E-state index in [1.54, 1.807) is 6.07 Å². The highest BCUT2D eigenvalue weighted by molar-refractivity contribution is 7.80. The van der Waals surface area contributed by atoms with Crippen molar-refractivity contribution in [3.63, 3.8) is 0 Å². The molecule has 1 aliphatic rings. The fraction of sp³-hybridized carbons (Fsp3) is 0.385. The van der Waals surface area contributed by atoms with Crippen molar-refractivity contribution in [2.24, 2.45) is 5.73 Å². The van der Waals surface area contributed by atoms with Crippen molar-refractivity contribution in [2.75, 3.05) is 0 Å². The first-order valence-electron chi connectivity index (χ1n) is 5.99. The summed E-state index contributed by atoms with van der Waals surface area (Å²) in [7, 11) is 0. The third-order valence-electron chi connectivity index (χ3n) is 3.26. The number of rotatable bonds is 4. The van der Waals surface area contributed by atoms with Gasteiger partial charge in [-0.15, -0.1) is 0 Å². The van der Waals surface area contributed by atoms with Gasteiger partial charge in [0.15, 0.2) is 11.6 Å². The van der Waals surface area contributed by atoms with Crippen LogP contribution < -0.4 is 5.73 Å². The van der Waals surface area contributed by atoms with Gasteiger partial charge in [-0.1, -0.05) is 36.6 Å². The van der Waals surface area contributed by atoms with Crippen LogP contribution in [0.25, 0.3) is 0 Å². The lowest BCUT2D eigenvalue weighted by Crippen LogP contribution is -2.34. The molecule has 1 atom stereocenters. The molecule has 1 aromatic carbocycles. The molecule has 0 bridgehead atoms. The number of thiocarbonyl (C=S) groups is 2. The van der Waals surface area contributed by atoms with Crippen LogP contribution in [0.2, 0.25) is 0 Å². The van der Waals surface area contributed by atoms with E-state index in [0.717, 1.165) is 23.9 Å². The third kappa shape index (κ3) is 3.25. The normalized spacial score (nSPS) is 18.9. The number of nitrogens with two attached hydrogens (primary N) is 1. The molecule has 2 rings (SSSR count). The van der Waals surface area contributed by atoms with E-state index in [2.05, 4.69) is 0 Å². The van der Waals surface area contributed by atoms with Gasteiger partial charge < -0.3 is 10.6 Å². The van der Waals surface area contributed by atoms with Gasteiger partial charge in [-0.05, 0) is 18.9 Å². The first-order valence-corrected chi connectivity index (χ1v) is 6.81. The Balaban J connectivity index is 2.17. The van der Waals surface area contributed by atoms with E-state index in [1.807, 2.05) is 4.90 Å². The van der Waals surface area contributed by atoms with Gasteiger partial charge in [0.05, 0.1) is 9.98 Å². The van der Waals surface area contributed by atoms with Crippen LogP contribution in [-0.2, 0) is 6.54 Å². The summed E-state index contributed by atoms with van der Waals surface area (Å²) in [5, 5.41) is 0. The van der Waals surface area contributed by atoms with E-state index in [-0.39, 0.29) is 12.6 Å². The lowest BCUT2D eigenvalue weighted by molar-refractivity contribution is 0.332. The fourth-order valence-corrected chi connectivity index (χ4v) is 2.83. The van der Waals surface area contributed by atoms with Crippen LogP contribution in [0.1, 0.15) is 24.8 Å². The molecule has 19 heavy (non-hydrogen) atoms. The van der Waals surface area contributed by atoms with Crippen LogP contribution in [0, 0.1) is 11.6 Å². The van der Waals surface area contributed by atoms with Gasteiger partial charge >= 0.3 is 0 Å². The summed E-state index contributed by atoms with van der Waals surface area (Å²) in [4.78, 5) is 3.07. The van der Waals surface area contributed by atoms with Crippen molar-refractivity contribution in [1.82, 2.24) is 4.90 Å². The number of halogens is 2. The zero-order valence-electron chi connectivity index (χ0n) is 10.2. The van der Waals surface area contributed by atoms with Gasteiger partial charge in [-0.25, -0.2) is 8.78 Å². The lowest BCUT2D eigenvalue weighted by atomic mass is 10.1. The molecule has 102 valence electrons. The van der Waals surface area contributed by atoms with Gasteiger partial charge in [0.1, 0.15) is 0 Å². The molecule has 1 aliphatic heterocycles. The number of nitrogens with zero attached hydrogens (tertiary/aromatic N) is 1. The summed E-state index contributed by atoms with van der Waals surface area (Å²) in [6.07, 6.45) is 2.17. The smallest absolute Gasteiger partial charge is 0.163 e. The maximum Gasteiger partial charge on any atom is 0.163 e. The molecule has 2 N–H and O–H groups in total. The Morgan fingerprint density at radius 1 is 1.42 bits per heavy atom. The van der Waals surface area contributed by atoms with Crippen molar-refractivity contribution >= 4 is 34.4 Å². The number of hydrogen-bond donors (Lipinski definition) is 1. The van der Waals surface area contributed by atoms with Crippen LogP contribution in [-0.4, -0.2) is 20.9 Å². The third-order valence-corrected chi connectivity index (χ3v) is 3.87. The standard InChI is InChI=1S/C13H14F2N2S2/c14-10-3-1-2-8(13(10)15)7-17-9(6-11(16)18)4-5-12(17)19/h1-3,9H,4-7H2,(H2,16,18)/t9-/m0/s1. The summed E-state index contributed by atoms with van der Waals surface area (Å²) in [5.41, 5.74) is 5.86. The first kappa shape index (κ1) is 14.3. The second-order valence-electron chi connectivity index (χ2n) is 4.60. The molecule has 1 aromatic rings. The van der Waals surface area contributed by atoms with Crippen LogP contribution in [0.4, 0.5) is 8.78 Å². The van der Waals surface area contributed by atoms with Crippen molar-refractivity contribution in [3.8, 4) is 0 Å². The molecular weight excluding hydrogens is 286 g/mol. The molecule has 0 radical (unpaired) electrons. The molecule has 6 heteroatoms. The highest BCUT2D eigenvalue weighted by Crippen LogP contribution is 2.26. The average Bonchev–Trinajstić information content (AvgIpc) is 2.67. The topological polar surface area (TPSA) is 29.3 Å². The van der Waals surface area contributed by atoms with E-state index in [1.165, 1.54) is 6.07 Å². The molecule has 0 amide bonds. The van der Waals surface area contributed by atoms with E-state index in [9.17, 15) is 8.78 Å². The van der Waals surface area contributed by atoms with Crippen LogP contribution in [0.3, 0.4) is 0 Å². The summed E-state index contributed by atoms with van der Waals surface area (Å²) in [6, 6.07) is 4.26. The Morgan fingerprint density at radius 3 is 2.84 bits per heavy atom. The maximum atomic E-state index is 13.7. The molecule has 2 nitrogen and oxygen atoms in total. The molecule has 0 aromatic heterocycles. The number of likely N-dealkylation sites (tertiary alicyclic amines) is 1. The molecule has 0 unspecified atom stereocenters. The van der Waals surface area contributed by atoms with Crippen LogP contribution in [0.15, 0.2) is 18.2 Å². The van der Waals surface area contributed by atoms with Crippen molar-refractivity contribution in [3.05, 3.63) is 35.4 Å². The minimum atomic E-state index is -0.839. The molecule has 0 saturated carbocycles. The zero-order valence-corrected chi connectivity index (χ0v) is 11.9. The van der Waals surface area contributed by atoms with E-state index < -0.39 is 11.6 Å². The monoisotopic (exact) mass is 300 g/mol. The molecular formula is C13H14F2N2S2. The molecule has 1 heterocycles. The quantitative estimate of drug-likeness (QED) is 0.866. The lowest BCUT2D eigenvalue weighted by Gasteiger charge is -2.26. The van der Waals surface area contributed by atoms with Gasteiger partial charge in [0, 0.05) is 24.6 Å². The Morgan fingerprint density at radius 2 is 2.16 bits per heavy atom. The maximum absolute atomic E-state index is 13.7. The van der Waals surface area contributed by atoms with Gasteiger partial charge in [0.25, 0.3) is 0 Å². The Bertz CT molecular complexity index is 519. The molecule has 0 aliphatic carbocycles. The van der Waals surface area contributed by atoms with Crippen molar-refractivity contribution in [1.29, 1.82) is 0 Å². The summed E-state index contributed by atoms with van der Waals surface area (Å²) < 4.78 is 26.9. The minimum Gasteiger partial charge on any atom is -0.393 e. The molecule has 0 spiro atoms.